The van der Waals surface area contributed by atoms with Gasteiger partial charge in [0, 0.05) is 24.2 Å². The van der Waals surface area contributed by atoms with Crippen LogP contribution in [0.3, 0.4) is 0 Å². The standard InChI is InChI=1S/C10H21N.C5H9NO2/c1-8-6-9(2,3)11-10(4,5)7-8;7-5(8)6-3-1-2-4-6/h8,11H,6-7H2,1-5H3;1-4H2,(H,7,8). The average molecular weight is 270 g/mol. The minimum atomic E-state index is -0.775. The highest BCUT2D eigenvalue weighted by Crippen LogP contribution is 2.31. The van der Waals surface area contributed by atoms with E-state index in [2.05, 4.69) is 39.9 Å². The second-order valence-corrected chi connectivity index (χ2v) is 7.38. The summed E-state index contributed by atoms with van der Waals surface area (Å²) < 4.78 is 0. The van der Waals surface area contributed by atoms with Crippen LogP contribution in [0.15, 0.2) is 0 Å². The predicted octanol–water partition coefficient (Wildman–Crippen LogP) is 3.32. The summed E-state index contributed by atoms with van der Waals surface area (Å²) in [5.74, 6) is 0.862. The van der Waals surface area contributed by atoms with Crippen molar-refractivity contribution in [1.82, 2.24) is 10.2 Å². The van der Waals surface area contributed by atoms with Gasteiger partial charge < -0.3 is 15.3 Å². The van der Waals surface area contributed by atoms with Gasteiger partial charge in [-0.05, 0) is 59.3 Å². The Morgan fingerprint density at radius 2 is 1.53 bits per heavy atom. The van der Waals surface area contributed by atoms with Crippen LogP contribution in [0.2, 0.25) is 0 Å². The molecule has 0 aromatic carbocycles. The molecule has 0 aromatic heterocycles. The molecule has 2 rings (SSSR count). The van der Waals surface area contributed by atoms with Crippen molar-refractivity contribution in [3.05, 3.63) is 0 Å². The third-order valence-corrected chi connectivity index (χ3v) is 3.77. The monoisotopic (exact) mass is 270 g/mol. The maximum absolute atomic E-state index is 10.1. The fourth-order valence-corrected chi connectivity index (χ4v) is 3.74. The van der Waals surface area contributed by atoms with Crippen LogP contribution in [0.25, 0.3) is 0 Å². The van der Waals surface area contributed by atoms with Gasteiger partial charge in [-0.3, -0.25) is 0 Å². The van der Waals surface area contributed by atoms with Crippen LogP contribution in [0.5, 0.6) is 0 Å². The Labute approximate surface area is 117 Å². The van der Waals surface area contributed by atoms with E-state index in [9.17, 15) is 4.79 Å². The number of hydrogen-bond donors (Lipinski definition) is 2. The average Bonchev–Trinajstić information content (AvgIpc) is 2.63. The molecule has 4 nitrogen and oxygen atoms in total. The highest BCUT2D eigenvalue weighted by atomic mass is 16.4. The summed E-state index contributed by atoms with van der Waals surface area (Å²) in [5.41, 5.74) is 0.669. The van der Waals surface area contributed by atoms with Crippen molar-refractivity contribution in [2.24, 2.45) is 5.92 Å². The molecule has 2 saturated heterocycles. The Kier molecular flexibility index (Phi) is 5.25. The van der Waals surface area contributed by atoms with E-state index >= 15 is 0 Å². The first-order valence-corrected chi connectivity index (χ1v) is 7.38. The fourth-order valence-electron chi connectivity index (χ4n) is 3.74. The summed E-state index contributed by atoms with van der Waals surface area (Å²) in [4.78, 5) is 11.6. The van der Waals surface area contributed by atoms with Crippen LogP contribution in [0, 0.1) is 5.92 Å². The molecule has 0 aromatic rings. The van der Waals surface area contributed by atoms with Gasteiger partial charge in [0.05, 0.1) is 0 Å². The number of piperidine rings is 1. The van der Waals surface area contributed by atoms with Gasteiger partial charge in [0.2, 0.25) is 0 Å². The fraction of sp³-hybridized carbons (Fsp3) is 0.933. The molecular weight excluding hydrogens is 240 g/mol. The third kappa shape index (κ3) is 5.81. The van der Waals surface area contributed by atoms with Crippen molar-refractivity contribution in [1.29, 1.82) is 0 Å². The Bertz CT molecular complexity index is 291. The van der Waals surface area contributed by atoms with Crippen LogP contribution in [0.1, 0.15) is 60.3 Å². The molecular formula is C15H30N2O2. The van der Waals surface area contributed by atoms with Gasteiger partial charge in [0.1, 0.15) is 0 Å². The van der Waals surface area contributed by atoms with E-state index < -0.39 is 6.09 Å². The molecule has 4 heteroatoms. The van der Waals surface area contributed by atoms with Gasteiger partial charge in [-0.25, -0.2) is 4.79 Å². The highest BCUT2D eigenvalue weighted by molar-refractivity contribution is 5.65. The van der Waals surface area contributed by atoms with Crippen LogP contribution in [-0.4, -0.2) is 40.3 Å². The van der Waals surface area contributed by atoms with E-state index in [1.807, 2.05) is 0 Å². The zero-order valence-electron chi connectivity index (χ0n) is 13.1. The van der Waals surface area contributed by atoms with Crippen LogP contribution < -0.4 is 5.32 Å². The van der Waals surface area contributed by atoms with Crippen molar-refractivity contribution in [2.45, 2.75) is 71.4 Å². The molecule has 0 saturated carbocycles. The molecule has 19 heavy (non-hydrogen) atoms. The number of amides is 1. The Hall–Kier alpha value is -0.770. The summed E-state index contributed by atoms with van der Waals surface area (Å²) in [6.45, 7) is 13.0. The molecule has 112 valence electrons. The van der Waals surface area contributed by atoms with Gasteiger partial charge in [-0.15, -0.1) is 0 Å². The van der Waals surface area contributed by atoms with E-state index in [-0.39, 0.29) is 0 Å². The molecule has 2 N–H and O–H groups in total. The van der Waals surface area contributed by atoms with E-state index in [1.54, 1.807) is 0 Å². The normalized spacial score (nSPS) is 25.6. The Balaban J connectivity index is 0.000000200. The molecule has 0 atom stereocenters. The smallest absolute Gasteiger partial charge is 0.407 e. The number of rotatable bonds is 0. The van der Waals surface area contributed by atoms with Gasteiger partial charge in [-0.1, -0.05) is 6.92 Å². The summed E-state index contributed by atoms with van der Waals surface area (Å²) >= 11 is 0. The van der Waals surface area contributed by atoms with E-state index in [0.29, 0.717) is 11.1 Å². The van der Waals surface area contributed by atoms with Crippen LogP contribution in [-0.2, 0) is 0 Å². The highest BCUT2D eigenvalue weighted by Gasteiger charge is 2.35. The van der Waals surface area contributed by atoms with Crippen molar-refractivity contribution in [2.75, 3.05) is 13.1 Å². The minimum Gasteiger partial charge on any atom is -0.465 e. The van der Waals surface area contributed by atoms with Gasteiger partial charge in [-0.2, -0.15) is 0 Å². The molecule has 2 fully saturated rings. The van der Waals surface area contributed by atoms with E-state index in [4.69, 9.17) is 5.11 Å². The summed E-state index contributed by atoms with van der Waals surface area (Å²) in [6.07, 6.45) is 3.90. The van der Waals surface area contributed by atoms with Crippen molar-refractivity contribution in [3.63, 3.8) is 0 Å². The lowest BCUT2D eigenvalue weighted by Gasteiger charge is -2.45. The summed E-state index contributed by atoms with van der Waals surface area (Å²) in [5, 5.41) is 12.0. The zero-order chi connectivity index (χ0) is 14.7. The lowest BCUT2D eigenvalue weighted by Crippen LogP contribution is -2.57. The SMILES string of the molecule is CC1CC(C)(C)NC(C)(C)C1.O=C(O)N1CCCC1. The van der Waals surface area contributed by atoms with Gasteiger partial charge in [0.25, 0.3) is 0 Å². The topological polar surface area (TPSA) is 52.6 Å². The van der Waals surface area contributed by atoms with Gasteiger partial charge in [0.15, 0.2) is 0 Å². The van der Waals surface area contributed by atoms with Crippen molar-refractivity contribution < 1.29 is 9.90 Å². The quantitative estimate of drug-likeness (QED) is 0.710. The number of hydrogen-bond acceptors (Lipinski definition) is 2. The Morgan fingerprint density at radius 1 is 1.11 bits per heavy atom. The molecule has 0 bridgehead atoms. The number of carbonyl (C=O) groups is 1. The number of nitrogens with zero attached hydrogens (tertiary/aromatic N) is 1. The molecule has 0 radical (unpaired) electrons. The molecule has 2 aliphatic rings. The maximum Gasteiger partial charge on any atom is 0.407 e. The molecule has 0 spiro atoms. The van der Waals surface area contributed by atoms with Crippen LogP contribution >= 0.6 is 0 Å². The first kappa shape index (κ1) is 16.3. The molecule has 0 aliphatic carbocycles. The predicted molar refractivity (Wildman–Crippen MR) is 78.5 cm³/mol. The van der Waals surface area contributed by atoms with E-state index in [1.165, 1.54) is 17.7 Å². The van der Waals surface area contributed by atoms with Crippen molar-refractivity contribution in [3.8, 4) is 0 Å². The molecule has 0 unspecified atom stereocenters. The molecule has 1 amide bonds. The number of likely N-dealkylation sites (tertiary alicyclic amines) is 1. The third-order valence-electron chi connectivity index (χ3n) is 3.77. The zero-order valence-corrected chi connectivity index (χ0v) is 13.1. The Morgan fingerprint density at radius 3 is 1.79 bits per heavy atom. The minimum absolute atomic E-state index is 0.334. The summed E-state index contributed by atoms with van der Waals surface area (Å²) in [6, 6.07) is 0. The molecule has 2 heterocycles. The van der Waals surface area contributed by atoms with Crippen LogP contribution in [0.4, 0.5) is 4.79 Å². The van der Waals surface area contributed by atoms with E-state index in [0.717, 1.165) is 31.8 Å². The number of carboxylic acid groups (broad SMARTS) is 1. The lowest BCUT2D eigenvalue weighted by atomic mass is 9.77. The maximum atomic E-state index is 10.1. The lowest BCUT2D eigenvalue weighted by molar-refractivity contribution is 0.138. The largest absolute Gasteiger partial charge is 0.465 e. The van der Waals surface area contributed by atoms with Gasteiger partial charge >= 0.3 is 6.09 Å². The first-order chi connectivity index (χ1) is 8.61. The molecule has 2 aliphatic heterocycles. The second kappa shape index (κ2) is 6.12. The first-order valence-electron chi connectivity index (χ1n) is 7.38. The van der Waals surface area contributed by atoms with Crippen molar-refractivity contribution >= 4 is 6.09 Å². The summed E-state index contributed by atoms with van der Waals surface area (Å²) in [7, 11) is 0. The second-order valence-electron chi connectivity index (χ2n) is 7.38. The number of nitrogens with one attached hydrogen (secondary N) is 1.